The van der Waals surface area contributed by atoms with Crippen LogP contribution in [0, 0.1) is 6.92 Å². The molecule has 0 aliphatic heterocycles. The Bertz CT molecular complexity index is 530. The maximum absolute atomic E-state index is 11.5. The summed E-state index contributed by atoms with van der Waals surface area (Å²) in [4.78, 5) is 22.8. The van der Waals surface area contributed by atoms with Crippen LogP contribution in [0.25, 0.3) is 6.08 Å². The van der Waals surface area contributed by atoms with Gasteiger partial charge in [0.25, 0.3) is 0 Å². The number of hydrogen-bond acceptors (Lipinski definition) is 4. The summed E-state index contributed by atoms with van der Waals surface area (Å²) in [5.74, 6) is 0.751. The molecule has 1 amide bonds. The lowest BCUT2D eigenvalue weighted by Gasteiger charge is -1.99. The molecule has 18 heavy (non-hydrogen) atoms. The predicted molar refractivity (Wildman–Crippen MR) is 71.2 cm³/mol. The number of thiazole rings is 1. The Morgan fingerprint density at radius 2 is 2.50 bits per heavy atom. The van der Waals surface area contributed by atoms with Crippen LogP contribution in [-0.2, 0) is 11.2 Å². The van der Waals surface area contributed by atoms with Crippen molar-refractivity contribution in [2.24, 2.45) is 0 Å². The van der Waals surface area contributed by atoms with E-state index in [0.29, 0.717) is 13.0 Å². The number of imidazole rings is 1. The highest BCUT2D eigenvalue weighted by Gasteiger charge is 1.98. The summed E-state index contributed by atoms with van der Waals surface area (Å²) in [6.07, 6.45) is 7.37. The molecule has 0 radical (unpaired) electrons. The summed E-state index contributed by atoms with van der Waals surface area (Å²) in [7, 11) is 0. The molecule has 0 saturated carbocycles. The molecule has 0 unspecified atom stereocenters. The fourth-order valence-corrected chi connectivity index (χ4v) is 2.00. The largest absolute Gasteiger partial charge is 0.352 e. The van der Waals surface area contributed by atoms with E-state index in [1.165, 1.54) is 6.08 Å². The minimum Gasteiger partial charge on any atom is -0.352 e. The third-order valence-electron chi connectivity index (χ3n) is 2.26. The zero-order valence-corrected chi connectivity index (χ0v) is 10.8. The SMILES string of the molecule is Cc1nc(/C=C/C(=O)NCCc2ncc[nH]2)cs1. The minimum atomic E-state index is -0.118. The lowest BCUT2D eigenvalue weighted by molar-refractivity contribution is -0.116. The van der Waals surface area contributed by atoms with Gasteiger partial charge in [-0.25, -0.2) is 9.97 Å². The van der Waals surface area contributed by atoms with Crippen LogP contribution < -0.4 is 5.32 Å². The first-order chi connectivity index (χ1) is 8.74. The highest BCUT2D eigenvalue weighted by atomic mass is 32.1. The van der Waals surface area contributed by atoms with E-state index in [0.717, 1.165) is 16.5 Å². The van der Waals surface area contributed by atoms with Crippen molar-refractivity contribution in [3.63, 3.8) is 0 Å². The molecule has 0 aromatic carbocycles. The summed E-state index contributed by atoms with van der Waals surface area (Å²) >= 11 is 1.57. The van der Waals surface area contributed by atoms with Gasteiger partial charge in [-0.3, -0.25) is 4.79 Å². The van der Waals surface area contributed by atoms with Crippen LogP contribution in [0.3, 0.4) is 0 Å². The van der Waals surface area contributed by atoms with Gasteiger partial charge >= 0.3 is 0 Å². The van der Waals surface area contributed by atoms with Crippen molar-refractivity contribution in [1.82, 2.24) is 20.3 Å². The van der Waals surface area contributed by atoms with Crippen LogP contribution in [0.4, 0.5) is 0 Å². The maximum atomic E-state index is 11.5. The number of hydrogen-bond donors (Lipinski definition) is 2. The molecule has 0 atom stereocenters. The van der Waals surface area contributed by atoms with Gasteiger partial charge in [-0.15, -0.1) is 11.3 Å². The van der Waals surface area contributed by atoms with Gasteiger partial charge in [0.05, 0.1) is 10.7 Å². The lowest BCUT2D eigenvalue weighted by atomic mass is 10.3. The van der Waals surface area contributed by atoms with Gasteiger partial charge in [-0.1, -0.05) is 0 Å². The van der Waals surface area contributed by atoms with Crippen LogP contribution in [-0.4, -0.2) is 27.4 Å². The average Bonchev–Trinajstić information content (AvgIpc) is 2.98. The van der Waals surface area contributed by atoms with Crippen molar-refractivity contribution < 1.29 is 4.79 Å². The fourth-order valence-electron chi connectivity index (χ4n) is 1.42. The van der Waals surface area contributed by atoms with Crippen molar-refractivity contribution in [1.29, 1.82) is 0 Å². The molecule has 5 nitrogen and oxygen atoms in total. The lowest BCUT2D eigenvalue weighted by Crippen LogP contribution is -2.23. The molecule has 2 heterocycles. The predicted octanol–water partition coefficient (Wildman–Crippen LogP) is 1.55. The number of H-pyrrole nitrogens is 1. The molecule has 2 aromatic heterocycles. The Kier molecular flexibility index (Phi) is 4.25. The van der Waals surface area contributed by atoms with E-state index < -0.39 is 0 Å². The standard InChI is InChI=1S/C12H14N4OS/c1-9-16-10(8-18-9)2-3-12(17)15-5-4-11-13-6-7-14-11/h2-3,6-8H,4-5H2,1H3,(H,13,14)(H,15,17)/b3-2+. The van der Waals surface area contributed by atoms with Crippen LogP contribution in [0.1, 0.15) is 16.5 Å². The zero-order valence-electron chi connectivity index (χ0n) is 10.0. The van der Waals surface area contributed by atoms with Crippen LogP contribution in [0.2, 0.25) is 0 Å². The van der Waals surface area contributed by atoms with Gasteiger partial charge in [0.1, 0.15) is 5.82 Å². The van der Waals surface area contributed by atoms with E-state index in [-0.39, 0.29) is 5.91 Å². The van der Waals surface area contributed by atoms with E-state index in [2.05, 4.69) is 20.3 Å². The molecular formula is C12H14N4OS. The second kappa shape index (κ2) is 6.11. The molecule has 2 rings (SSSR count). The number of rotatable bonds is 5. The molecule has 2 N–H and O–H groups in total. The number of nitrogens with zero attached hydrogens (tertiary/aromatic N) is 2. The average molecular weight is 262 g/mol. The molecule has 2 aromatic rings. The summed E-state index contributed by atoms with van der Waals surface area (Å²) in [6.45, 7) is 2.50. The first-order valence-corrected chi connectivity index (χ1v) is 6.48. The van der Waals surface area contributed by atoms with E-state index in [1.54, 1.807) is 29.8 Å². The van der Waals surface area contributed by atoms with Crippen molar-refractivity contribution in [2.75, 3.05) is 6.54 Å². The zero-order chi connectivity index (χ0) is 12.8. The molecular weight excluding hydrogens is 248 g/mol. The summed E-state index contributed by atoms with van der Waals surface area (Å²) in [5, 5.41) is 5.70. The Morgan fingerprint density at radius 3 is 3.17 bits per heavy atom. The summed E-state index contributed by atoms with van der Waals surface area (Å²) in [5.41, 5.74) is 0.818. The molecule has 0 aliphatic rings. The highest BCUT2D eigenvalue weighted by Crippen LogP contribution is 2.08. The van der Waals surface area contributed by atoms with Gasteiger partial charge in [0.15, 0.2) is 0 Å². The first-order valence-electron chi connectivity index (χ1n) is 5.60. The Labute approximate surface area is 109 Å². The van der Waals surface area contributed by atoms with E-state index >= 15 is 0 Å². The number of aryl methyl sites for hydroxylation is 1. The molecule has 0 spiro atoms. The van der Waals surface area contributed by atoms with Gasteiger partial charge < -0.3 is 10.3 Å². The molecule has 94 valence electrons. The Hall–Kier alpha value is -1.95. The summed E-state index contributed by atoms with van der Waals surface area (Å²) in [6, 6.07) is 0. The second-order valence-electron chi connectivity index (χ2n) is 3.70. The number of carbonyl (C=O) groups excluding carboxylic acids is 1. The third-order valence-corrected chi connectivity index (χ3v) is 3.05. The molecule has 0 saturated heterocycles. The van der Waals surface area contributed by atoms with Crippen molar-refractivity contribution in [3.8, 4) is 0 Å². The monoisotopic (exact) mass is 262 g/mol. The molecule has 6 heteroatoms. The smallest absolute Gasteiger partial charge is 0.244 e. The topological polar surface area (TPSA) is 70.7 Å². The van der Waals surface area contributed by atoms with Crippen molar-refractivity contribution >= 4 is 23.3 Å². The second-order valence-corrected chi connectivity index (χ2v) is 4.76. The quantitative estimate of drug-likeness (QED) is 0.803. The van der Waals surface area contributed by atoms with E-state index in [9.17, 15) is 4.79 Å². The van der Waals surface area contributed by atoms with E-state index in [1.807, 2.05) is 12.3 Å². The Balaban J connectivity index is 1.73. The van der Waals surface area contributed by atoms with Gasteiger partial charge in [-0.2, -0.15) is 0 Å². The van der Waals surface area contributed by atoms with Gasteiger partial charge in [0, 0.05) is 36.8 Å². The fraction of sp³-hybridized carbons (Fsp3) is 0.250. The van der Waals surface area contributed by atoms with Gasteiger partial charge in [-0.05, 0) is 13.0 Å². The molecule has 0 bridgehead atoms. The highest BCUT2D eigenvalue weighted by molar-refractivity contribution is 7.09. The number of amides is 1. The third kappa shape index (κ3) is 3.81. The summed E-state index contributed by atoms with van der Waals surface area (Å²) < 4.78 is 0. The number of carbonyl (C=O) groups is 1. The van der Waals surface area contributed by atoms with Crippen LogP contribution >= 0.6 is 11.3 Å². The van der Waals surface area contributed by atoms with E-state index in [4.69, 9.17) is 0 Å². The normalized spacial score (nSPS) is 10.9. The molecule has 0 aliphatic carbocycles. The maximum Gasteiger partial charge on any atom is 0.244 e. The minimum absolute atomic E-state index is 0.118. The van der Waals surface area contributed by atoms with Crippen LogP contribution in [0.5, 0.6) is 0 Å². The number of aromatic amines is 1. The van der Waals surface area contributed by atoms with Crippen molar-refractivity contribution in [2.45, 2.75) is 13.3 Å². The Morgan fingerprint density at radius 1 is 1.61 bits per heavy atom. The number of aromatic nitrogens is 3. The molecule has 0 fully saturated rings. The first kappa shape index (κ1) is 12.5. The van der Waals surface area contributed by atoms with Crippen LogP contribution in [0.15, 0.2) is 23.8 Å². The number of nitrogens with one attached hydrogen (secondary N) is 2. The van der Waals surface area contributed by atoms with Crippen molar-refractivity contribution in [3.05, 3.63) is 40.4 Å². The van der Waals surface area contributed by atoms with Gasteiger partial charge in [0.2, 0.25) is 5.91 Å².